The number of pyridine rings is 1. The summed E-state index contributed by atoms with van der Waals surface area (Å²) in [5, 5.41) is 2.90. The monoisotopic (exact) mass is 406 g/mol. The van der Waals surface area contributed by atoms with Gasteiger partial charge in [0.1, 0.15) is 17.9 Å². The van der Waals surface area contributed by atoms with Crippen molar-refractivity contribution in [1.82, 2.24) is 20.1 Å². The zero-order valence-electron chi connectivity index (χ0n) is 16.9. The van der Waals surface area contributed by atoms with E-state index in [-0.39, 0.29) is 18.0 Å². The summed E-state index contributed by atoms with van der Waals surface area (Å²) in [6, 6.07) is 2.83. The predicted octanol–water partition coefficient (Wildman–Crippen LogP) is 0.898. The largest absolute Gasteiger partial charge is 0.487 e. The van der Waals surface area contributed by atoms with Crippen LogP contribution >= 0.6 is 0 Å². The molecule has 0 unspecified atom stereocenters. The molecule has 2 atom stereocenters. The number of carbonyl (C=O) groups excluding carboxylic acids is 2. The molecule has 2 aliphatic heterocycles. The summed E-state index contributed by atoms with van der Waals surface area (Å²) in [6.45, 7) is 6.20. The minimum Gasteiger partial charge on any atom is -0.487 e. The van der Waals surface area contributed by atoms with E-state index in [0.29, 0.717) is 64.8 Å². The van der Waals surface area contributed by atoms with Gasteiger partial charge in [0.15, 0.2) is 0 Å². The number of carbonyl (C=O) groups is 2. The summed E-state index contributed by atoms with van der Waals surface area (Å²) in [5.74, 6) is 0.587. The van der Waals surface area contributed by atoms with Crippen LogP contribution in [0.5, 0.6) is 5.75 Å². The molecular weight excluding hydrogens is 376 g/mol. The highest BCUT2D eigenvalue weighted by atomic mass is 16.5. The average molecular weight is 406 g/mol. The topological polar surface area (TPSA) is 93.2 Å². The molecule has 2 fully saturated rings. The molecule has 9 nitrogen and oxygen atoms in total. The molecule has 0 saturated carbocycles. The van der Waals surface area contributed by atoms with Crippen LogP contribution in [0.3, 0.4) is 0 Å². The molecule has 3 amide bonds. The van der Waals surface area contributed by atoms with Crippen molar-refractivity contribution in [2.24, 2.45) is 0 Å². The normalized spacial score (nSPS) is 21.8. The number of ether oxygens (including phenoxy) is 3. The number of likely N-dealkylation sites (tertiary alicyclic amines) is 1. The van der Waals surface area contributed by atoms with Crippen molar-refractivity contribution < 1.29 is 23.8 Å². The second-order valence-electron chi connectivity index (χ2n) is 7.05. The van der Waals surface area contributed by atoms with Crippen molar-refractivity contribution in [3.05, 3.63) is 24.5 Å². The van der Waals surface area contributed by atoms with Crippen molar-refractivity contribution in [3.63, 3.8) is 0 Å². The van der Waals surface area contributed by atoms with Crippen LogP contribution in [0.1, 0.15) is 19.8 Å². The van der Waals surface area contributed by atoms with Gasteiger partial charge in [-0.3, -0.25) is 9.78 Å². The maximum atomic E-state index is 13.1. The van der Waals surface area contributed by atoms with Gasteiger partial charge >= 0.3 is 6.03 Å². The van der Waals surface area contributed by atoms with Crippen LogP contribution < -0.4 is 10.1 Å². The maximum absolute atomic E-state index is 13.1. The second-order valence-corrected chi connectivity index (χ2v) is 7.05. The van der Waals surface area contributed by atoms with E-state index in [1.165, 1.54) is 0 Å². The van der Waals surface area contributed by atoms with Crippen LogP contribution in [-0.2, 0) is 14.3 Å². The molecule has 1 aromatic rings. The molecule has 0 aliphatic carbocycles. The van der Waals surface area contributed by atoms with Gasteiger partial charge in [-0.2, -0.15) is 0 Å². The first-order chi connectivity index (χ1) is 14.2. The van der Waals surface area contributed by atoms with Gasteiger partial charge in [-0.15, -0.1) is 0 Å². The van der Waals surface area contributed by atoms with Crippen LogP contribution in [0, 0.1) is 0 Å². The van der Waals surface area contributed by atoms with Crippen molar-refractivity contribution >= 4 is 11.9 Å². The van der Waals surface area contributed by atoms with Gasteiger partial charge in [0.05, 0.1) is 26.0 Å². The molecule has 2 aliphatic rings. The number of nitrogens with one attached hydrogen (secondary N) is 1. The Balaban J connectivity index is 1.62. The smallest absolute Gasteiger partial charge is 0.318 e. The van der Waals surface area contributed by atoms with E-state index < -0.39 is 6.04 Å². The van der Waals surface area contributed by atoms with E-state index in [9.17, 15) is 9.59 Å². The van der Waals surface area contributed by atoms with Crippen LogP contribution in [0.25, 0.3) is 0 Å². The summed E-state index contributed by atoms with van der Waals surface area (Å²) < 4.78 is 16.6. The summed E-state index contributed by atoms with van der Waals surface area (Å²) in [6.07, 6.45) is 4.23. The first-order valence-electron chi connectivity index (χ1n) is 10.2. The number of aromatic nitrogens is 1. The predicted molar refractivity (Wildman–Crippen MR) is 106 cm³/mol. The van der Waals surface area contributed by atoms with Gasteiger partial charge in [0, 0.05) is 45.5 Å². The van der Waals surface area contributed by atoms with Crippen LogP contribution in [0.15, 0.2) is 24.5 Å². The minimum absolute atomic E-state index is 0.0462. The van der Waals surface area contributed by atoms with Crippen LogP contribution in [-0.4, -0.2) is 91.5 Å². The Morgan fingerprint density at radius 1 is 1.34 bits per heavy atom. The fourth-order valence-electron chi connectivity index (χ4n) is 3.56. The fraction of sp³-hybridized carbons (Fsp3) is 0.650. The van der Waals surface area contributed by atoms with E-state index in [2.05, 4.69) is 10.3 Å². The Morgan fingerprint density at radius 2 is 2.17 bits per heavy atom. The average Bonchev–Trinajstić information content (AvgIpc) is 3.18. The first kappa shape index (κ1) is 21.3. The van der Waals surface area contributed by atoms with Crippen LogP contribution in [0.2, 0.25) is 0 Å². The zero-order chi connectivity index (χ0) is 20.5. The Morgan fingerprint density at radius 3 is 2.90 bits per heavy atom. The van der Waals surface area contributed by atoms with E-state index in [4.69, 9.17) is 14.2 Å². The molecule has 0 radical (unpaired) electrons. The molecule has 29 heavy (non-hydrogen) atoms. The minimum atomic E-state index is -0.540. The highest BCUT2D eigenvalue weighted by Crippen LogP contribution is 2.24. The van der Waals surface area contributed by atoms with Gasteiger partial charge in [0.25, 0.3) is 0 Å². The molecule has 0 aromatic carbocycles. The lowest BCUT2D eigenvalue weighted by Crippen LogP contribution is -2.53. The van der Waals surface area contributed by atoms with Crippen LogP contribution in [0.4, 0.5) is 4.79 Å². The second kappa shape index (κ2) is 11.0. The number of hydrogen-bond donors (Lipinski definition) is 1. The fourth-order valence-corrected chi connectivity index (χ4v) is 3.56. The van der Waals surface area contributed by atoms with Crippen molar-refractivity contribution in [3.8, 4) is 5.75 Å². The van der Waals surface area contributed by atoms with Gasteiger partial charge in [-0.25, -0.2) is 4.79 Å². The third-order valence-corrected chi connectivity index (χ3v) is 5.01. The third kappa shape index (κ3) is 6.04. The van der Waals surface area contributed by atoms with Gasteiger partial charge < -0.3 is 29.3 Å². The highest BCUT2D eigenvalue weighted by molar-refractivity contribution is 5.88. The van der Waals surface area contributed by atoms with Gasteiger partial charge in [-0.1, -0.05) is 0 Å². The molecule has 1 N–H and O–H groups in total. The Hall–Kier alpha value is -2.39. The maximum Gasteiger partial charge on any atom is 0.318 e. The lowest BCUT2D eigenvalue weighted by molar-refractivity contribution is -0.139. The lowest BCUT2D eigenvalue weighted by atomic mass is 10.1. The molecule has 0 bridgehead atoms. The molecule has 3 rings (SSSR count). The number of hydrogen-bond acceptors (Lipinski definition) is 6. The summed E-state index contributed by atoms with van der Waals surface area (Å²) in [5.41, 5.74) is 0. The van der Waals surface area contributed by atoms with Gasteiger partial charge in [-0.05, 0) is 25.5 Å². The Bertz CT molecular complexity index is 654. The molecule has 3 heterocycles. The molecule has 0 spiro atoms. The Labute approximate surface area is 171 Å². The first-order valence-corrected chi connectivity index (χ1v) is 10.2. The van der Waals surface area contributed by atoms with E-state index in [1.54, 1.807) is 28.3 Å². The zero-order valence-corrected chi connectivity index (χ0v) is 16.9. The van der Waals surface area contributed by atoms with Gasteiger partial charge in [0.2, 0.25) is 5.91 Å². The number of nitrogens with zero attached hydrogens (tertiary/aromatic N) is 3. The van der Waals surface area contributed by atoms with Crippen molar-refractivity contribution in [1.29, 1.82) is 0 Å². The molecular formula is C20H30N4O5. The van der Waals surface area contributed by atoms with E-state index in [0.717, 1.165) is 6.42 Å². The summed E-state index contributed by atoms with van der Waals surface area (Å²) >= 11 is 0. The van der Waals surface area contributed by atoms with E-state index in [1.807, 2.05) is 13.0 Å². The van der Waals surface area contributed by atoms with Crippen molar-refractivity contribution in [2.75, 3.05) is 52.6 Å². The molecule has 1 aromatic heterocycles. The lowest BCUT2D eigenvalue weighted by Gasteiger charge is -2.32. The molecule has 2 saturated heterocycles. The number of rotatable bonds is 8. The standard InChI is InChI=1S/C20H30N4O5/c1-2-27-10-4-7-22-20(26)24-15-17(29-16-5-3-6-21-14-16)13-18(24)19(25)23-8-11-28-12-9-23/h3,5-6,14,17-18H,2,4,7-13,15H2,1H3,(H,22,26)/t17-,18+/m0/s1. The summed E-state index contributed by atoms with van der Waals surface area (Å²) in [4.78, 5) is 33.3. The Kier molecular flexibility index (Phi) is 8.06. The molecule has 160 valence electrons. The summed E-state index contributed by atoms with van der Waals surface area (Å²) in [7, 11) is 0. The highest BCUT2D eigenvalue weighted by Gasteiger charge is 2.42. The quantitative estimate of drug-likeness (QED) is 0.645. The number of amides is 3. The third-order valence-electron chi connectivity index (χ3n) is 5.01. The van der Waals surface area contributed by atoms with E-state index >= 15 is 0 Å². The molecule has 9 heteroatoms. The SMILES string of the molecule is CCOCCCNC(=O)N1C[C@@H](Oc2cccnc2)C[C@@H]1C(=O)N1CCOCC1. The number of urea groups is 1. The number of morpholine rings is 1. The van der Waals surface area contributed by atoms with Crippen molar-refractivity contribution in [2.45, 2.75) is 31.9 Å².